The molecule has 5 rings (SSSR count). The minimum atomic E-state index is -0.137. The SMILES string of the molecule is CCNCc1cnc(C)c(-c2ccc3[nH]nc(-c4nc5c(NC(C)=O)cccc5[nH]4)c3c2)c1. The molecule has 8 nitrogen and oxygen atoms in total. The zero-order chi connectivity index (χ0) is 22.9. The summed E-state index contributed by atoms with van der Waals surface area (Å²) in [6.07, 6.45) is 1.92. The molecule has 0 fully saturated rings. The lowest BCUT2D eigenvalue weighted by molar-refractivity contribution is -0.114. The van der Waals surface area contributed by atoms with Gasteiger partial charge in [0.2, 0.25) is 5.91 Å². The molecule has 2 aromatic carbocycles. The summed E-state index contributed by atoms with van der Waals surface area (Å²) in [7, 11) is 0. The smallest absolute Gasteiger partial charge is 0.221 e. The minimum absolute atomic E-state index is 0.137. The molecule has 1 amide bonds. The van der Waals surface area contributed by atoms with E-state index in [4.69, 9.17) is 4.98 Å². The Morgan fingerprint density at radius 3 is 2.82 bits per heavy atom. The van der Waals surface area contributed by atoms with Crippen molar-refractivity contribution in [3.8, 4) is 22.6 Å². The third-order valence-corrected chi connectivity index (χ3v) is 5.64. The minimum Gasteiger partial charge on any atom is -0.336 e. The molecule has 0 bridgehead atoms. The van der Waals surface area contributed by atoms with Crippen LogP contribution in [0, 0.1) is 6.92 Å². The van der Waals surface area contributed by atoms with Crippen molar-refractivity contribution in [3.63, 3.8) is 0 Å². The second-order valence-corrected chi connectivity index (χ2v) is 8.06. The number of nitrogens with zero attached hydrogens (tertiary/aromatic N) is 3. The number of anilines is 1. The summed E-state index contributed by atoms with van der Waals surface area (Å²) in [5.41, 5.74) is 8.14. The van der Waals surface area contributed by atoms with Crippen LogP contribution in [-0.2, 0) is 11.3 Å². The largest absolute Gasteiger partial charge is 0.336 e. The van der Waals surface area contributed by atoms with Crippen LogP contribution in [0.15, 0.2) is 48.7 Å². The number of aromatic amines is 2. The zero-order valence-electron chi connectivity index (χ0n) is 18.8. The van der Waals surface area contributed by atoms with Gasteiger partial charge in [0, 0.05) is 36.3 Å². The van der Waals surface area contributed by atoms with E-state index >= 15 is 0 Å². The first-order chi connectivity index (χ1) is 16.0. The molecule has 8 heteroatoms. The van der Waals surface area contributed by atoms with E-state index in [0.29, 0.717) is 17.0 Å². The fourth-order valence-corrected chi connectivity index (χ4v) is 4.03. The van der Waals surface area contributed by atoms with E-state index in [2.05, 4.69) is 55.9 Å². The van der Waals surface area contributed by atoms with Gasteiger partial charge in [-0.25, -0.2) is 4.98 Å². The summed E-state index contributed by atoms with van der Waals surface area (Å²) in [6, 6.07) is 14.1. The van der Waals surface area contributed by atoms with Crippen LogP contribution in [0.3, 0.4) is 0 Å². The fraction of sp³-hybridized carbons (Fsp3) is 0.200. The monoisotopic (exact) mass is 439 g/mol. The molecule has 0 aliphatic carbocycles. The highest BCUT2D eigenvalue weighted by atomic mass is 16.1. The highest BCUT2D eigenvalue weighted by Crippen LogP contribution is 2.32. The van der Waals surface area contributed by atoms with Crippen molar-refractivity contribution in [3.05, 3.63) is 59.9 Å². The van der Waals surface area contributed by atoms with Gasteiger partial charge in [0.1, 0.15) is 11.2 Å². The van der Waals surface area contributed by atoms with Gasteiger partial charge in [-0.05, 0) is 54.9 Å². The predicted molar refractivity (Wildman–Crippen MR) is 131 cm³/mol. The van der Waals surface area contributed by atoms with E-state index in [0.717, 1.165) is 57.6 Å². The molecular weight excluding hydrogens is 414 g/mol. The highest BCUT2D eigenvalue weighted by Gasteiger charge is 2.16. The average Bonchev–Trinajstić information content (AvgIpc) is 3.42. The van der Waals surface area contributed by atoms with Crippen LogP contribution in [0.1, 0.15) is 25.1 Å². The Hall–Kier alpha value is -4.04. The van der Waals surface area contributed by atoms with Crippen LogP contribution in [0.5, 0.6) is 0 Å². The number of nitrogens with one attached hydrogen (secondary N) is 4. The molecule has 0 atom stereocenters. The molecule has 33 heavy (non-hydrogen) atoms. The first kappa shape index (κ1) is 20.8. The maximum absolute atomic E-state index is 11.6. The number of H-pyrrole nitrogens is 2. The Bertz CT molecular complexity index is 1480. The van der Waals surface area contributed by atoms with Gasteiger partial charge in [-0.1, -0.05) is 19.1 Å². The molecule has 166 valence electrons. The van der Waals surface area contributed by atoms with Crippen molar-refractivity contribution in [1.29, 1.82) is 0 Å². The summed E-state index contributed by atoms with van der Waals surface area (Å²) >= 11 is 0. The van der Waals surface area contributed by atoms with E-state index in [-0.39, 0.29) is 5.91 Å². The third kappa shape index (κ3) is 3.96. The Balaban J connectivity index is 1.60. The Morgan fingerprint density at radius 2 is 2.00 bits per heavy atom. The number of imidazole rings is 1. The first-order valence-corrected chi connectivity index (χ1v) is 10.9. The molecule has 5 aromatic rings. The zero-order valence-corrected chi connectivity index (χ0v) is 18.8. The number of hydrogen-bond acceptors (Lipinski definition) is 5. The molecule has 0 saturated heterocycles. The molecule has 0 aliphatic rings. The van der Waals surface area contributed by atoms with E-state index in [1.54, 1.807) is 0 Å². The van der Waals surface area contributed by atoms with Gasteiger partial charge >= 0.3 is 0 Å². The molecule has 0 radical (unpaired) electrons. The second-order valence-electron chi connectivity index (χ2n) is 8.06. The maximum atomic E-state index is 11.6. The number of aryl methyl sites for hydroxylation is 1. The van der Waals surface area contributed by atoms with Crippen LogP contribution < -0.4 is 10.6 Å². The van der Waals surface area contributed by atoms with Crippen molar-refractivity contribution in [2.24, 2.45) is 0 Å². The van der Waals surface area contributed by atoms with Gasteiger partial charge in [-0.15, -0.1) is 0 Å². The van der Waals surface area contributed by atoms with Crippen molar-refractivity contribution in [1.82, 2.24) is 30.5 Å². The molecule has 3 aromatic heterocycles. The fourth-order valence-electron chi connectivity index (χ4n) is 4.03. The topological polar surface area (TPSA) is 111 Å². The van der Waals surface area contributed by atoms with E-state index in [1.807, 2.05) is 37.4 Å². The number of rotatable bonds is 6. The molecule has 0 unspecified atom stereocenters. The van der Waals surface area contributed by atoms with Gasteiger partial charge in [-0.2, -0.15) is 5.10 Å². The Kier molecular flexibility index (Phi) is 5.35. The van der Waals surface area contributed by atoms with Crippen LogP contribution in [-0.4, -0.2) is 37.6 Å². The number of amides is 1. The van der Waals surface area contributed by atoms with E-state index in [1.165, 1.54) is 6.92 Å². The quantitative estimate of drug-likeness (QED) is 0.310. The Morgan fingerprint density at radius 1 is 1.12 bits per heavy atom. The number of carbonyl (C=O) groups is 1. The molecule has 3 heterocycles. The lowest BCUT2D eigenvalue weighted by Gasteiger charge is -2.09. The van der Waals surface area contributed by atoms with Crippen molar-refractivity contribution < 1.29 is 4.79 Å². The number of aromatic nitrogens is 5. The van der Waals surface area contributed by atoms with Gasteiger partial charge in [0.05, 0.1) is 16.7 Å². The predicted octanol–water partition coefficient (Wildman–Crippen LogP) is 4.54. The number of fused-ring (bicyclic) bond motifs is 2. The molecule has 0 spiro atoms. The second kappa shape index (κ2) is 8.48. The van der Waals surface area contributed by atoms with Crippen molar-refractivity contribution in [2.75, 3.05) is 11.9 Å². The lowest BCUT2D eigenvalue weighted by Crippen LogP contribution is -2.12. The average molecular weight is 440 g/mol. The molecule has 0 aliphatic heterocycles. The highest BCUT2D eigenvalue weighted by molar-refractivity contribution is 6.01. The van der Waals surface area contributed by atoms with Crippen LogP contribution in [0.4, 0.5) is 5.69 Å². The third-order valence-electron chi connectivity index (χ3n) is 5.64. The molecule has 0 saturated carbocycles. The van der Waals surface area contributed by atoms with E-state index in [9.17, 15) is 4.79 Å². The molecular formula is C25H25N7O. The molecule has 4 N–H and O–H groups in total. The summed E-state index contributed by atoms with van der Waals surface area (Å²) in [6.45, 7) is 7.29. The van der Waals surface area contributed by atoms with E-state index < -0.39 is 0 Å². The Labute approximate surface area is 190 Å². The van der Waals surface area contributed by atoms with Crippen LogP contribution in [0.25, 0.3) is 44.6 Å². The summed E-state index contributed by atoms with van der Waals surface area (Å²) < 4.78 is 0. The normalized spacial score (nSPS) is 11.4. The summed E-state index contributed by atoms with van der Waals surface area (Å²) in [5, 5.41) is 14.8. The van der Waals surface area contributed by atoms with Gasteiger partial charge < -0.3 is 15.6 Å². The van der Waals surface area contributed by atoms with Crippen LogP contribution >= 0.6 is 0 Å². The summed E-state index contributed by atoms with van der Waals surface area (Å²) in [5.74, 6) is 0.504. The number of pyridine rings is 1. The standard InChI is InChI=1S/C25H25N7O/c1-4-26-12-16-10-18(14(2)27-13-16)17-8-9-20-19(11-17)23(32-31-20)25-29-22-7-5-6-21(24(22)30-25)28-15(3)33/h5-11,13,26H,4,12H2,1-3H3,(H,28,33)(H,29,30)(H,31,32). The number of carbonyl (C=O) groups excluding carboxylic acids is 1. The summed E-state index contributed by atoms with van der Waals surface area (Å²) in [4.78, 5) is 24.3. The van der Waals surface area contributed by atoms with Gasteiger partial charge in [-0.3, -0.25) is 14.9 Å². The maximum Gasteiger partial charge on any atom is 0.221 e. The van der Waals surface area contributed by atoms with Gasteiger partial charge in [0.15, 0.2) is 5.82 Å². The lowest BCUT2D eigenvalue weighted by atomic mass is 10.0. The number of hydrogen-bond donors (Lipinski definition) is 4. The number of para-hydroxylation sites is 1. The van der Waals surface area contributed by atoms with Gasteiger partial charge in [0.25, 0.3) is 0 Å². The van der Waals surface area contributed by atoms with Crippen molar-refractivity contribution in [2.45, 2.75) is 27.3 Å². The number of benzene rings is 2. The van der Waals surface area contributed by atoms with Crippen molar-refractivity contribution >= 4 is 33.5 Å². The first-order valence-electron chi connectivity index (χ1n) is 10.9. The van der Waals surface area contributed by atoms with Crippen LogP contribution in [0.2, 0.25) is 0 Å².